The molecule has 30 heavy (non-hydrogen) atoms. The minimum Gasteiger partial charge on any atom is -0.309 e. The molecule has 1 heterocycles. The fraction of sp³-hybridized carbons (Fsp3) is 0.0357. The zero-order valence-corrected chi connectivity index (χ0v) is 16.7. The van der Waals surface area contributed by atoms with Crippen LogP contribution in [0.2, 0.25) is 0 Å². The van der Waals surface area contributed by atoms with Crippen molar-refractivity contribution >= 4 is 10.8 Å². The highest BCUT2D eigenvalue weighted by Gasteiger charge is 2.18. The van der Waals surface area contributed by atoms with Gasteiger partial charge in [0.25, 0.3) is 0 Å². The fourth-order valence-electron chi connectivity index (χ4n) is 4.12. The molecule has 5 aromatic rings. The van der Waals surface area contributed by atoms with Crippen LogP contribution in [0.1, 0.15) is 5.56 Å². The second kappa shape index (κ2) is 7.49. The van der Waals surface area contributed by atoms with Crippen molar-refractivity contribution in [2.75, 3.05) is 0 Å². The number of benzene rings is 4. The molecule has 0 aliphatic heterocycles. The van der Waals surface area contributed by atoms with Crippen molar-refractivity contribution in [3.05, 3.63) is 125 Å². The average Bonchev–Trinajstić information content (AvgIpc) is 2.81. The Kier molecular flexibility index (Phi) is 4.53. The summed E-state index contributed by atoms with van der Waals surface area (Å²) >= 11 is 0. The molecule has 144 valence electrons. The van der Waals surface area contributed by atoms with Crippen molar-refractivity contribution in [3.8, 4) is 28.2 Å². The second-order valence-electron chi connectivity index (χ2n) is 7.43. The van der Waals surface area contributed by atoms with Gasteiger partial charge in [0, 0.05) is 22.9 Å². The highest BCUT2D eigenvalue weighted by Crippen LogP contribution is 2.35. The summed E-state index contributed by atoms with van der Waals surface area (Å²) < 4.78 is 2.22. The van der Waals surface area contributed by atoms with Crippen molar-refractivity contribution in [2.24, 2.45) is 0 Å². The Morgan fingerprint density at radius 2 is 1.30 bits per heavy atom. The number of fused-ring (bicyclic) bond motifs is 1. The van der Waals surface area contributed by atoms with Crippen LogP contribution in [-0.2, 0) is 0 Å². The lowest BCUT2D eigenvalue weighted by molar-refractivity contribution is 1.04. The highest BCUT2D eigenvalue weighted by molar-refractivity contribution is 5.97. The first-order chi connectivity index (χ1) is 14.7. The standard InChI is InChI=1S/C28H21NO/c1-20-27(30)19-26(22-12-4-2-5-13-22)29(23-15-6-3-7-16-23)28(20)25-18-10-14-21-11-8-9-17-24(21)25/h2-19H,1H3. The molecule has 0 amide bonds. The molecule has 0 spiro atoms. The van der Waals surface area contributed by atoms with Gasteiger partial charge in [0.05, 0.1) is 11.4 Å². The molecule has 0 bridgehead atoms. The second-order valence-corrected chi connectivity index (χ2v) is 7.43. The van der Waals surface area contributed by atoms with Gasteiger partial charge in [-0.3, -0.25) is 4.79 Å². The molecule has 5 rings (SSSR count). The Balaban J connectivity index is 1.96. The third-order valence-corrected chi connectivity index (χ3v) is 5.59. The normalized spacial score (nSPS) is 11.0. The van der Waals surface area contributed by atoms with E-state index in [9.17, 15) is 4.79 Å². The van der Waals surface area contributed by atoms with Crippen molar-refractivity contribution in [3.63, 3.8) is 0 Å². The molecule has 0 fully saturated rings. The smallest absolute Gasteiger partial charge is 0.185 e. The summed E-state index contributed by atoms with van der Waals surface area (Å²) in [5, 5.41) is 2.30. The molecule has 0 radical (unpaired) electrons. The van der Waals surface area contributed by atoms with Crippen molar-refractivity contribution in [1.82, 2.24) is 4.57 Å². The Bertz CT molecular complexity index is 1390. The highest BCUT2D eigenvalue weighted by atomic mass is 16.1. The number of nitrogens with zero attached hydrogens (tertiary/aromatic N) is 1. The maximum Gasteiger partial charge on any atom is 0.185 e. The third-order valence-electron chi connectivity index (χ3n) is 5.59. The third kappa shape index (κ3) is 3.03. The number of hydrogen-bond acceptors (Lipinski definition) is 1. The predicted molar refractivity (Wildman–Crippen MR) is 125 cm³/mol. The van der Waals surface area contributed by atoms with Crippen LogP contribution in [0.3, 0.4) is 0 Å². The van der Waals surface area contributed by atoms with E-state index < -0.39 is 0 Å². The molecular weight excluding hydrogens is 366 g/mol. The zero-order chi connectivity index (χ0) is 20.5. The summed E-state index contributed by atoms with van der Waals surface area (Å²) in [6.07, 6.45) is 0. The van der Waals surface area contributed by atoms with Crippen molar-refractivity contribution in [2.45, 2.75) is 6.92 Å². The molecule has 0 atom stereocenters. The van der Waals surface area contributed by atoms with E-state index in [0.29, 0.717) is 0 Å². The van der Waals surface area contributed by atoms with Gasteiger partial charge >= 0.3 is 0 Å². The first-order valence-electron chi connectivity index (χ1n) is 10.1. The van der Waals surface area contributed by atoms with Crippen LogP contribution < -0.4 is 5.43 Å². The molecule has 0 saturated heterocycles. The monoisotopic (exact) mass is 387 g/mol. The van der Waals surface area contributed by atoms with Crippen LogP contribution in [0, 0.1) is 6.92 Å². The quantitative estimate of drug-likeness (QED) is 0.340. The minimum atomic E-state index is 0.0453. The van der Waals surface area contributed by atoms with Gasteiger partial charge in [0.1, 0.15) is 0 Å². The van der Waals surface area contributed by atoms with Gasteiger partial charge in [-0.2, -0.15) is 0 Å². The summed E-state index contributed by atoms with van der Waals surface area (Å²) in [4.78, 5) is 13.1. The molecule has 0 aliphatic carbocycles. The number of pyridine rings is 1. The average molecular weight is 387 g/mol. The largest absolute Gasteiger partial charge is 0.309 e. The predicted octanol–water partition coefficient (Wildman–Crippen LogP) is 6.63. The fourth-order valence-corrected chi connectivity index (χ4v) is 4.12. The topological polar surface area (TPSA) is 22.0 Å². The van der Waals surface area contributed by atoms with Crippen LogP contribution in [0.25, 0.3) is 39.0 Å². The van der Waals surface area contributed by atoms with Crippen LogP contribution in [0.4, 0.5) is 0 Å². The minimum absolute atomic E-state index is 0.0453. The van der Waals surface area contributed by atoms with Crippen LogP contribution >= 0.6 is 0 Å². The lowest BCUT2D eigenvalue weighted by Gasteiger charge is -2.22. The Morgan fingerprint density at radius 1 is 0.667 bits per heavy atom. The van der Waals surface area contributed by atoms with Gasteiger partial charge in [-0.1, -0.05) is 91.0 Å². The van der Waals surface area contributed by atoms with E-state index in [1.165, 1.54) is 0 Å². The summed E-state index contributed by atoms with van der Waals surface area (Å²) in [7, 11) is 0. The molecule has 2 heteroatoms. The van der Waals surface area contributed by atoms with E-state index in [1.54, 1.807) is 6.07 Å². The van der Waals surface area contributed by atoms with Gasteiger partial charge in [0.15, 0.2) is 5.43 Å². The molecule has 0 aliphatic rings. The van der Waals surface area contributed by atoms with E-state index in [4.69, 9.17) is 0 Å². The first kappa shape index (κ1) is 18.1. The van der Waals surface area contributed by atoms with E-state index in [1.807, 2.05) is 55.5 Å². The Hall–Kier alpha value is -3.91. The summed E-state index contributed by atoms with van der Waals surface area (Å²) in [5.74, 6) is 0. The lowest BCUT2D eigenvalue weighted by Crippen LogP contribution is -2.15. The van der Waals surface area contributed by atoms with E-state index in [-0.39, 0.29) is 5.43 Å². The molecule has 0 N–H and O–H groups in total. The molecular formula is C28H21NO. The zero-order valence-electron chi connectivity index (χ0n) is 16.7. The van der Waals surface area contributed by atoms with Crippen molar-refractivity contribution in [1.29, 1.82) is 0 Å². The maximum atomic E-state index is 13.1. The summed E-state index contributed by atoms with van der Waals surface area (Å²) in [6, 6.07) is 36.7. The first-order valence-corrected chi connectivity index (χ1v) is 10.1. The van der Waals surface area contributed by atoms with Crippen LogP contribution in [0.5, 0.6) is 0 Å². The van der Waals surface area contributed by atoms with E-state index in [0.717, 1.165) is 44.5 Å². The van der Waals surface area contributed by atoms with E-state index >= 15 is 0 Å². The van der Waals surface area contributed by atoms with Gasteiger partial charge in [-0.15, -0.1) is 0 Å². The van der Waals surface area contributed by atoms with Crippen molar-refractivity contribution < 1.29 is 0 Å². The number of rotatable bonds is 3. The summed E-state index contributed by atoms with van der Waals surface area (Å²) in [6.45, 7) is 1.92. The molecule has 0 unspecified atom stereocenters. The van der Waals surface area contributed by atoms with Gasteiger partial charge in [-0.25, -0.2) is 0 Å². The maximum absolute atomic E-state index is 13.1. The Labute approximate surface area is 175 Å². The van der Waals surface area contributed by atoms with Gasteiger partial charge in [0.2, 0.25) is 0 Å². The molecule has 4 aromatic carbocycles. The summed E-state index contributed by atoms with van der Waals surface area (Å²) in [5.41, 5.74) is 5.72. The molecule has 2 nitrogen and oxygen atoms in total. The van der Waals surface area contributed by atoms with Gasteiger partial charge in [-0.05, 0) is 35.4 Å². The number of hydrogen-bond donors (Lipinski definition) is 0. The number of aromatic nitrogens is 1. The van der Waals surface area contributed by atoms with E-state index in [2.05, 4.69) is 59.2 Å². The molecule has 0 saturated carbocycles. The lowest BCUT2D eigenvalue weighted by atomic mass is 9.97. The molecule has 1 aromatic heterocycles. The van der Waals surface area contributed by atoms with Crippen LogP contribution in [-0.4, -0.2) is 4.57 Å². The Morgan fingerprint density at radius 3 is 2.07 bits per heavy atom. The SMILES string of the molecule is Cc1c(-c2cccc3ccccc23)n(-c2ccccc2)c(-c2ccccc2)cc1=O. The van der Waals surface area contributed by atoms with Gasteiger partial charge < -0.3 is 4.57 Å². The van der Waals surface area contributed by atoms with Crippen LogP contribution in [0.15, 0.2) is 114 Å². The number of para-hydroxylation sites is 1.